The fourth-order valence-electron chi connectivity index (χ4n) is 1.75. The van der Waals surface area contributed by atoms with Gasteiger partial charge in [0.05, 0.1) is 7.11 Å². The monoisotopic (exact) mass is 288 g/mol. The zero-order valence-corrected chi connectivity index (χ0v) is 11.9. The molecular formula is C15H16N2O2S. The summed E-state index contributed by atoms with van der Waals surface area (Å²) in [5.41, 5.74) is 7.62. The van der Waals surface area contributed by atoms with Crippen LogP contribution in [0.4, 0.5) is 0 Å². The van der Waals surface area contributed by atoms with Crippen LogP contribution in [0.1, 0.15) is 11.1 Å². The van der Waals surface area contributed by atoms with Gasteiger partial charge in [0.1, 0.15) is 5.75 Å². The van der Waals surface area contributed by atoms with Gasteiger partial charge in [-0.05, 0) is 23.8 Å². The third-order valence-corrected chi connectivity index (χ3v) is 3.94. The molecule has 0 aliphatic heterocycles. The van der Waals surface area contributed by atoms with Crippen LogP contribution in [0.25, 0.3) is 0 Å². The van der Waals surface area contributed by atoms with E-state index < -0.39 is 0 Å². The molecule has 20 heavy (non-hydrogen) atoms. The SMILES string of the molecule is COc1ccc(/C(N)=N/O)c(SCc2ccccc2)c1. The molecule has 0 aromatic heterocycles. The summed E-state index contributed by atoms with van der Waals surface area (Å²) in [4.78, 5) is 0.920. The Morgan fingerprint density at radius 2 is 2.00 bits per heavy atom. The molecule has 0 radical (unpaired) electrons. The molecule has 2 aromatic rings. The fourth-order valence-corrected chi connectivity index (χ4v) is 2.79. The standard InChI is InChI=1S/C15H16N2O2S/c1-19-12-7-8-13(15(16)17-18)14(9-12)20-10-11-5-3-2-4-6-11/h2-9,18H,10H2,1H3,(H2,16,17). The first-order valence-corrected chi connectivity index (χ1v) is 7.06. The number of nitrogens with zero attached hydrogens (tertiary/aromatic N) is 1. The van der Waals surface area contributed by atoms with Gasteiger partial charge < -0.3 is 15.7 Å². The van der Waals surface area contributed by atoms with Gasteiger partial charge in [-0.25, -0.2) is 0 Å². The van der Waals surface area contributed by atoms with E-state index in [1.165, 1.54) is 5.56 Å². The Bertz CT molecular complexity index is 600. The van der Waals surface area contributed by atoms with Crippen LogP contribution in [-0.4, -0.2) is 18.2 Å². The van der Waals surface area contributed by atoms with Crippen molar-refractivity contribution in [1.82, 2.24) is 0 Å². The number of ether oxygens (including phenoxy) is 1. The summed E-state index contributed by atoms with van der Waals surface area (Å²) in [6.07, 6.45) is 0. The Balaban J connectivity index is 2.24. The van der Waals surface area contributed by atoms with Crippen molar-refractivity contribution < 1.29 is 9.94 Å². The van der Waals surface area contributed by atoms with Gasteiger partial charge in [0.2, 0.25) is 0 Å². The molecule has 2 rings (SSSR count). The van der Waals surface area contributed by atoms with Crippen molar-refractivity contribution in [2.75, 3.05) is 7.11 Å². The van der Waals surface area contributed by atoms with Gasteiger partial charge in [0.15, 0.2) is 5.84 Å². The molecule has 0 spiro atoms. The molecule has 5 heteroatoms. The lowest BCUT2D eigenvalue weighted by Crippen LogP contribution is -2.14. The minimum absolute atomic E-state index is 0.100. The predicted molar refractivity (Wildman–Crippen MR) is 81.5 cm³/mol. The van der Waals surface area contributed by atoms with Crippen LogP contribution in [0, 0.1) is 0 Å². The van der Waals surface area contributed by atoms with Crippen LogP contribution < -0.4 is 10.5 Å². The number of hydrogen-bond donors (Lipinski definition) is 2. The molecule has 0 atom stereocenters. The Morgan fingerprint density at radius 1 is 1.25 bits per heavy atom. The summed E-state index contributed by atoms with van der Waals surface area (Å²) in [6, 6.07) is 15.6. The Labute approximate surface area is 122 Å². The van der Waals surface area contributed by atoms with Gasteiger partial charge in [0.25, 0.3) is 0 Å². The van der Waals surface area contributed by atoms with E-state index in [0.29, 0.717) is 5.56 Å². The second-order valence-electron chi connectivity index (χ2n) is 4.12. The number of thioether (sulfide) groups is 1. The van der Waals surface area contributed by atoms with E-state index in [1.807, 2.05) is 24.3 Å². The lowest BCUT2D eigenvalue weighted by molar-refractivity contribution is 0.318. The molecule has 3 N–H and O–H groups in total. The van der Waals surface area contributed by atoms with Crippen molar-refractivity contribution >= 4 is 17.6 Å². The van der Waals surface area contributed by atoms with Crippen LogP contribution >= 0.6 is 11.8 Å². The molecular weight excluding hydrogens is 272 g/mol. The van der Waals surface area contributed by atoms with E-state index >= 15 is 0 Å². The summed E-state index contributed by atoms with van der Waals surface area (Å²) in [6.45, 7) is 0. The van der Waals surface area contributed by atoms with Gasteiger partial charge in [-0.3, -0.25) is 0 Å². The van der Waals surface area contributed by atoms with Gasteiger partial charge in [0, 0.05) is 16.2 Å². The molecule has 0 bridgehead atoms. The normalized spacial score (nSPS) is 11.3. The van der Waals surface area contributed by atoms with Crippen LogP contribution in [0.15, 0.2) is 58.6 Å². The molecule has 0 fully saturated rings. The van der Waals surface area contributed by atoms with E-state index in [1.54, 1.807) is 31.0 Å². The summed E-state index contributed by atoms with van der Waals surface area (Å²) in [5.74, 6) is 1.65. The van der Waals surface area contributed by atoms with Crippen LogP contribution in [0.2, 0.25) is 0 Å². The summed E-state index contributed by atoms with van der Waals surface area (Å²) in [5, 5.41) is 11.9. The van der Waals surface area contributed by atoms with E-state index in [4.69, 9.17) is 15.7 Å². The number of nitrogens with two attached hydrogens (primary N) is 1. The number of benzene rings is 2. The first kappa shape index (κ1) is 14.3. The van der Waals surface area contributed by atoms with Crippen molar-refractivity contribution in [3.05, 3.63) is 59.7 Å². The maximum Gasteiger partial charge on any atom is 0.171 e. The largest absolute Gasteiger partial charge is 0.497 e. The summed E-state index contributed by atoms with van der Waals surface area (Å²) >= 11 is 1.62. The second kappa shape index (κ2) is 6.86. The van der Waals surface area contributed by atoms with E-state index in [2.05, 4.69) is 17.3 Å². The molecule has 0 amide bonds. The van der Waals surface area contributed by atoms with Gasteiger partial charge in [-0.15, -0.1) is 11.8 Å². The Morgan fingerprint density at radius 3 is 2.65 bits per heavy atom. The fraction of sp³-hybridized carbons (Fsp3) is 0.133. The highest BCUT2D eigenvalue weighted by atomic mass is 32.2. The lowest BCUT2D eigenvalue weighted by atomic mass is 10.2. The lowest BCUT2D eigenvalue weighted by Gasteiger charge is -2.10. The second-order valence-corrected chi connectivity index (χ2v) is 5.14. The third-order valence-electron chi connectivity index (χ3n) is 2.81. The molecule has 0 saturated carbocycles. The zero-order chi connectivity index (χ0) is 14.4. The molecule has 0 aliphatic rings. The predicted octanol–water partition coefficient (Wildman–Crippen LogP) is 3.08. The van der Waals surface area contributed by atoms with Gasteiger partial charge in [-0.2, -0.15) is 0 Å². The van der Waals surface area contributed by atoms with Crippen LogP contribution in [0.3, 0.4) is 0 Å². The minimum Gasteiger partial charge on any atom is -0.497 e. The molecule has 0 saturated heterocycles. The van der Waals surface area contributed by atoms with E-state index in [9.17, 15) is 0 Å². The third kappa shape index (κ3) is 3.45. The van der Waals surface area contributed by atoms with Gasteiger partial charge >= 0.3 is 0 Å². The number of amidine groups is 1. The van der Waals surface area contributed by atoms with E-state index in [0.717, 1.165) is 16.4 Å². The maximum absolute atomic E-state index is 8.85. The molecule has 0 aliphatic carbocycles. The average molecular weight is 288 g/mol. The quantitative estimate of drug-likeness (QED) is 0.292. The average Bonchev–Trinajstić information content (AvgIpc) is 2.52. The first-order chi connectivity index (χ1) is 9.74. The highest BCUT2D eigenvalue weighted by Gasteiger charge is 2.09. The Kier molecular flexibility index (Phi) is 4.90. The summed E-state index contributed by atoms with van der Waals surface area (Å²) in [7, 11) is 1.62. The van der Waals surface area contributed by atoms with Crippen molar-refractivity contribution in [1.29, 1.82) is 0 Å². The van der Waals surface area contributed by atoms with E-state index in [-0.39, 0.29) is 5.84 Å². The molecule has 104 valence electrons. The number of oxime groups is 1. The van der Waals surface area contributed by atoms with Crippen molar-refractivity contribution in [2.45, 2.75) is 10.6 Å². The van der Waals surface area contributed by atoms with Crippen molar-refractivity contribution in [3.63, 3.8) is 0 Å². The van der Waals surface area contributed by atoms with Crippen LogP contribution in [-0.2, 0) is 5.75 Å². The minimum atomic E-state index is 0.100. The number of methoxy groups -OCH3 is 1. The molecule has 4 nitrogen and oxygen atoms in total. The number of hydrogen-bond acceptors (Lipinski definition) is 4. The van der Waals surface area contributed by atoms with Crippen molar-refractivity contribution in [3.8, 4) is 5.75 Å². The highest BCUT2D eigenvalue weighted by Crippen LogP contribution is 2.29. The summed E-state index contributed by atoms with van der Waals surface area (Å²) < 4.78 is 5.22. The smallest absolute Gasteiger partial charge is 0.171 e. The molecule has 0 heterocycles. The number of rotatable bonds is 5. The first-order valence-electron chi connectivity index (χ1n) is 6.07. The van der Waals surface area contributed by atoms with Crippen molar-refractivity contribution in [2.24, 2.45) is 10.9 Å². The molecule has 2 aromatic carbocycles. The highest BCUT2D eigenvalue weighted by molar-refractivity contribution is 7.98. The zero-order valence-electron chi connectivity index (χ0n) is 11.1. The topological polar surface area (TPSA) is 67.8 Å². The molecule has 0 unspecified atom stereocenters. The Hall–Kier alpha value is -2.14. The maximum atomic E-state index is 8.85. The van der Waals surface area contributed by atoms with Crippen LogP contribution in [0.5, 0.6) is 5.75 Å². The van der Waals surface area contributed by atoms with Gasteiger partial charge in [-0.1, -0.05) is 35.5 Å².